The highest BCUT2D eigenvalue weighted by atomic mass is 16.5. The summed E-state index contributed by atoms with van der Waals surface area (Å²) in [7, 11) is 0. The highest BCUT2D eigenvalue weighted by Gasteiger charge is 2.44. The van der Waals surface area contributed by atoms with E-state index in [-0.39, 0.29) is 6.03 Å². The number of imidazole rings is 1. The molecular weight excluding hydrogens is 356 g/mol. The first-order valence-electron chi connectivity index (χ1n) is 9.61. The van der Waals surface area contributed by atoms with Gasteiger partial charge in [-0.2, -0.15) is 4.98 Å². The molecule has 0 radical (unpaired) electrons. The van der Waals surface area contributed by atoms with Gasteiger partial charge < -0.3 is 9.84 Å². The number of rotatable bonds is 3. The van der Waals surface area contributed by atoms with Gasteiger partial charge in [-0.1, -0.05) is 17.3 Å². The van der Waals surface area contributed by atoms with Crippen LogP contribution in [0.3, 0.4) is 0 Å². The molecule has 5 rings (SSSR count). The molecule has 1 aromatic carbocycles. The Labute approximate surface area is 162 Å². The molecule has 1 aliphatic carbocycles. The van der Waals surface area contributed by atoms with E-state index >= 15 is 0 Å². The van der Waals surface area contributed by atoms with Gasteiger partial charge in [-0.25, -0.2) is 9.78 Å². The Kier molecular flexibility index (Phi) is 3.59. The number of hydrogen-bond donors (Lipinski definition) is 1. The Hall–Kier alpha value is -3.16. The third kappa shape index (κ3) is 2.37. The van der Waals surface area contributed by atoms with E-state index in [4.69, 9.17) is 4.52 Å². The molecule has 1 N–H and O–H groups in total. The average molecular weight is 378 g/mol. The number of para-hydroxylation sites is 2. The van der Waals surface area contributed by atoms with Crippen molar-refractivity contribution >= 4 is 11.7 Å². The number of aromatic nitrogens is 4. The highest BCUT2D eigenvalue weighted by Crippen LogP contribution is 2.46. The number of amides is 2. The summed E-state index contributed by atoms with van der Waals surface area (Å²) in [6.07, 6.45) is 3.95. The average Bonchev–Trinajstić information content (AvgIpc) is 3.22. The normalized spacial score (nSPS) is 17.2. The Bertz CT molecular complexity index is 1060. The minimum atomic E-state index is -0.667. The van der Waals surface area contributed by atoms with Crippen molar-refractivity contribution in [2.75, 3.05) is 11.4 Å². The fourth-order valence-electron chi connectivity index (χ4n) is 3.96. The van der Waals surface area contributed by atoms with Gasteiger partial charge in [0.15, 0.2) is 0 Å². The summed E-state index contributed by atoms with van der Waals surface area (Å²) < 4.78 is 7.47. The number of carbonyl (C=O) groups excluding carboxylic acids is 1. The van der Waals surface area contributed by atoms with Crippen molar-refractivity contribution in [1.29, 1.82) is 0 Å². The van der Waals surface area contributed by atoms with E-state index in [0.29, 0.717) is 29.9 Å². The Morgan fingerprint density at radius 3 is 2.75 bits per heavy atom. The van der Waals surface area contributed by atoms with Crippen molar-refractivity contribution in [3.63, 3.8) is 0 Å². The SMILES string of the molecule is CCNC(=O)N1c2ccccc2-n2cnc(-c3noc(C4CC4)n3)c2C1(C)C. The Balaban J connectivity index is 1.70. The van der Waals surface area contributed by atoms with Crippen LogP contribution in [0.4, 0.5) is 10.5 Å². The van der Waals surface area contributed by atoms with Crippen LogP contribution in [-0.2, 0) is 5.54 Å². The van der Waals surface area contributed by atoms with Gasteiger partial charge in [0.05, 0.1) is 22.6 Å². The first-order valence-corrected chi connectivity index (χ1v) is 9.61. The lowest BCUT2D eigenvalue weighted by molar-refractivity contribution is 0.239. The topological polar surface area (TPSA) is 89.1 Å². The molecule has 2 amide bonds. The van der Waals surface area contributed by atoms with Crippen molar-refractivity contribution < 1.29 is 9.32 Å². The number of nitrogens with one attached hydrogen (secondary N) is 1. The molecule has 0 atom stereocenters. The molecule has 8 heteroatoms. The van der Waals surface area contributed by atoms with E-state index in [9.17, 15) is 4.79 Å². The first kappa shape index (κ1) is 17.0. The van der Waals surface area contributed by atoms with Crippen LogP contribution in [0.15, 0.2) is 35.1 Å². The number of carbonyl (C=O) groups is 1. The molecule has 144 valence electrons. The smallest absolute Gasteiger partial charge is 0.322 e. The summed E-state index contributed by atoms with van der Waals surface area (Å²) in [5, 5.41) is 7.10. The van der Waals surface area contributed by atoms with Crippen molar-refractivity contribution in [1.82, 2.24) is 25.0 Å². The van der Waals surface area contributed by atoms with Gasteiger partial charge in [0, 0.05) is 12.5 Å². The van der Waals surface area contributed by atoms with Crippen LogP contribution in [0, 0.1) is 0 Å². The molecule has 28 heavy (non-hydrogen) atoms. The Morgan fingerprint density at radius 2 is 2.04 bits per heavy atom. The minimum absolute atomic E-state index is 0.148. The quantitative estimate of drug-likeness (QED) is 0.752. The second-order valence-corrected chi connectivity index (χ2v) is 7.76. The molecule has 0 unspecified atom stereocenters. The van der Waals surface area contributed by atoms with Crippen LogP contribution in [0.2, 0.25) is 0 Å². The summed E-state index contributed by atoms with van der Waals surface area (Å²) in [6.45, 7) is 6.48. The van der Waals surface area contributed by atoms with Crippen LogP contribution in [0.25, 0.3) is 17.2 Å². The van der Waals surface area contributed by atoms with E-state index in [1.165, 1.54) is 0 Å². The zero-order valence-corrected chi connectivity index (χ0v) is 16.1. The zero-order valence-electron chi connectivity index (χ0n) is 16.1. The molecule has 0 bridgehead atoms. The third-order valence-corrected chi connectivity index (χ3v) is 5.40. The van der Waals surface area contributed by atoms with Crippen LogP contribution in [0.1, 0.15) is 51.1 Å². The van der Waals surface area contributed by atoms with E-state index in [2.05, 4.69) is 20.4 Å². The minimum Gasteiger partial charge on any atom is -0.339 e. The monoisotopic (exact) mass is 378 g/mol. The van der Waals surface area contributed by atoms with E-state index in [1.807, 2.05) is 49.6 Å². The highest BCUT2D eigenvalue weighted by molar-refractivity contribution is 5.97. The van der Waals surface area contributed by atoms with Gasteiger partial charge in [0.1, 0.15) is 12.0 Å². The van der Waals surface area contributed by atoms with Crippen LogP contribution < -0.4 is 10.2 Å². The molecule has 1 aliphatic heterocycles. The molecule has 3 aromatic rings. The van der Waals surface area contributed by atoms with Gasteiger partial charge >= 0.3 is 6.03 Å². The maximum atomic E-state index is 13.0. The standard InChI is InChI=1S/C20H22N6O2/c1-4-21-19(27)26-14-8-6-5-7-13(14)25-11-22-15(16(25)20(26,2)3)17-23-18(28-24-17)12-9-10-12/h5-8,11-12H,4,9-10H2,1-3H3,(H,21,27). The van der Waals surface area contributed by atoms with Gasteiger partial charge in [-0.05, 0) is 45.7 Å². The molecule has 2 aliphatic rings. The largest absolute Gasteiger partial charge is 0.339 e. The maximum Gasteiger partial charge on any atom is 0.322 e. The van der Waals surface area contributed by atoms with Gasteiger partial charge in [-0.15, -0.1) is 0 Å². The molecule has 2 aromatic heterocycles. The summed E-state index contributed by atoms with van der Waals surface area (Å²) in [5.41, 5.74) is 2.57. The van der Waals surface area contributed by atoms with Crippen LogP contribution >= 0.6 is 0 Å². The summed E-state index contributed by atoms with van der Waals surface area (Å²) in [5.74, 6) is 1.52. The summed E-state index contributed by atoms with van der Waals surface area (Å²) in [4.78, 5) is 24.0. The van der Waals surface area contributed by atoms with E-state index in [1.54, 1.807) is 11.2 Å². The van der Waals surface area contributed by atoms with Gasteiger partial charge in [0.25, 0.3) is 0 Å². The third-order valence-electron chi connectivity index (χ3n) is 5.40. The lowest BCUT2D eigenvalue weighted by Gasteiger charge is -2.43. The number of fused-ring (bicyclic) bond motifs is 3. The van der Waals surface area contributed by atoms with Gasteiger partial charge in [0.2, 0.25) is 11.7 Å². The lowest BCUT2D eigenvalue weighted by Crippen LogP contribution is -2.53. The lowest BCUT2D eigenvalue weighted by atomic mass is 9.92. The number of hydrogen-bond acceptors (Lipinski definition) is 5. The second-order valence-electron chi connectivity index (χ2n) is 7.76. The molecule has 1 saturated carbocycles. The molecule has 1 fully saturated rings. The zero-order chi connectivity index (χ0) is 19.5. The number of nitrogens with zero attached hydrogens (tertiary/aromatic N) is 5. The number of anilines is 1. The van der Waals surface area contributed by atoms with Gasteiger partial charge in [-0.3, -0.25) is 9.47 Å². The summed E-state index contributed by atoms with van der Waals surface area (Å²) in [6, 6.07) is 7.68. The second kappa shape index (κ2) is 5.92. The molecule has 0 spiro atoms. The Morgan fingerprint density at radius 1 is 1.29 bits per heavy atom. The predicted octanol–water partition coefficient (Wildman–Crippen LogP) is 3.58. The molecule has 3 heterocycles. The molecule has 0 saturated heterocycles. The van der Waals surface area contributed by atoms with Crippen molar-refractivity contribution in [2.45, 2.75) is 45.1 Å². The fourth-order valence-corrected chi connectivity index (χ4v) is 3.96. The fraction of sp³-hybridized carbons (Fsp3) is 0.400. The van der Waals surface area contributed by atoms with Crippen LogP contribution in [-0.4, -0.2) is 32.3 Å². The molecular formula is C20H22N6O2. The number of urea groups is 1. The molecule has 8 nitrogen and oxygen atoms in total. The van der Waals surface area contributed by atoms with Crippen LogP contribution in [0.5, 0.6) is 0 Å². The van der Waals surface area contributed by atoms with E-state index in [0.717, 1.165) is 29.9 Å². The van der Waals surface area contributed by atoms with Crippen molar-refractivity contribution in [3.8, 4) is 17.2 Å². The van der Waals surface area contributed by atoms with Crippen molar-refractivity contribution in [3.05, 3.63) is 42.2 Å². The number of benzene rings is 1. The van der Waals surface area contributed by atoms with Crippen molar-refractivity contribution in [2.24, 2.45) is 0 Å². The first-order chi connectivity index (χ1) is 13.5. The maximum absolute atomic E-state index is 13.0. The predicted molar refractivity (Wildman–Crippen MR) is 103 cm³/mol. The van der Waals surface area contributed by atoms with E-state index < -0.39 is 5.54 Å². The summed E-state index contributed by atoms with van der Waals surface area (Å²) >= 11 is 0.